The van der Waals surface area contributed by atoms with E-state index in [9.17, 15) is 0 Å². The number of carbonyl (C=O) groups is 2. The summed E-state index contributed by atoms with van der Waals surface area (Å²) in [6.45, 7) is 0. The first-order chi connectivity index (χ1) is 2.64. The van der Waals surface area contributed by atoms with Gasteiger partial charge in [0, 0.05) is 0 Å². The van der Waals surface area contributed by atoms with E-state index in [1.54, 1.807) is 0 Å². The number of hydrogen-bond donors (Lipinski definition) is 2. The van der Waals surface area contributed by atoms with Crippen molar-refractivity contribution in [1.29, 1.82) is 0 Å². The molecule has 0 aromatic heterocycles. The molecular formula is C2H6O5Sr. The molecule has 0 aliphatic heterocycles. The van der Waals surface area contributed by atoms with Crippen LogP contribution in [0.3, 0.4) is 0 Å². The Labute approximate surface area is 81.9 Å². The quantitative estimate of drug-likeness (QED) is 0.329. The molecule has 0 saturated carbocycles. The van der Waals surface area contributed by atoms with Gasteiger partial charge in [-0.3, -0.25) is 0 Å². The molecule has 0 fully saturated rings. The third-order valence-electron chi connectivity index (χ3n) is 0.183. The maximum absolute atomic E-state index is 9.10. The molecule has 0 heterocycles. The molecule has 6 heteroatoms. The van der Waals surface area contributed by atoms with E-state index in [4.69, 9.17) is 19.8 Å². The summed E-state index contributed by atoms with van der Waals surface area (Å²) in [4.78, 5) is 18.2. The molecule has 0 aromatic carbocycles. The minimum atomic E-state index is -1.82. The monoisotopic (exact) mass is 198 g/mol. The summed E-state index contributed by atoms with van der Waals surface area (Å²) in [5, 5.41) is 14.8. The van der Waals surface area contributed by atoms with Crippen molar-refractivity contribution in [2.45, 2.75) is 0 Å². The van der Waals surface area contributed by atoms with Crippen LogP contribution >= 0.6 is 0 Å². The Morgan fingerprint density at radius 1 is 1.00 bits per heavy atom. The SMILES string of the molecule is O.O=C(O)C(=O)O.[SrH2]. The number of hydrogen-bond acceptors (Lipinski definition) is 2. The van der Waals surface area contributed by atoms with E-state index in [1.165, 1.54) is 0 Å². The van der Waals surface area contributed by atoms with E-state index >= 15 is 0 Å². The van der Waals surface area contributed by atoms with Crippen LogP contribution < -0.4 is 0 Å². The van der Waals surface area contributed by atoms with Crippen LogP contribution in [0.2, 0.25) is 0 Å². The molecule has 0 rings (SSSR count). The van der Waals surface area contributed by atoms with Crippen LogP contribution in [-0.4, -0.2) is 73.1 Å². The van der Waals surface area contributed by atoms with E-state index in [-0.39, 0.29) is 51.0 Å². The van der Waals surface area contributed by atoms with Gasteiger partial charge < -0.3 is 15.7 Å². The first-order valence-corrected chi connectivity index (χ1v) is 1.11. The van der Waals surface area contributed by atoms with Crippen molar-refractivity contribution in [1.82, 2.24) is 0 Å². The zero-order valence-electron chi connectivity index (χ0n) is 3.21. The van der Waals surface area contributed by atoms with E-state index in [2.05, 4.69) is 0 Å². The molecule has 0 aliphatic carbocycles. The summed E-state index contributed by atoms with van der Waals surface area (Å²) in [7, 11) is 0. The Morgan fingerprint density at radius 3 is 1.12 bits per heavy atom. The van der Waals surface area contributed by atoms with Gasteiger partial charge in [-0.25, -0.2) is 9.59 Å². The van der Waals surface area contributed by atoms with E-state index in [0.29, 0.717) is 0 Å². The fourth-order valence-electron chi connectivity index (χ4n) is 0. The van der Waals surface area contributed by atoms with Crippen molar-refractivity contribution in [3.05, 3.63) is 0 Å². The first-order valence-electron chi connectivity index (χ1n) is 1.11. The van der Waals surface area contributed by atoms with Crippen molar-refractivity contribution in [2.75, 3.05) is 0 Å². The molecule has 0 radical (unpaired) electrons. The second kappa shape index (κ2) is 7.38. The van der Waals surface area contributed by atoms with Crippen molar-refractivity contribution < 1.29 is 25.3 Å². The number of rotatable bonds is 0. The normalized spacial score (nSPS) is 5.50. The molecule has 0 saturated heterocycles. The Balaban J connectivity index is -0.000000125. The second-order valence-corrected chi connectivity index (χ2v) is 0.610. The fraction of sp³-hybridized carbons (Fsp3) is 0. The van der Waals surface area contributed by atoms with E-state index < -0.39 is 11.9 Å². The van der Waals surface area contributed by atoms with Gasteiger partial charge in [0.2, 0.25) is 0 Å². The number of carboxylic acid groups (broad SMARTS) is 2. The minimum absolute atomic E-state index is 0. The Hall–Kier alpha value is 0.381. The fourth-order valence-corrected chi connectivity index (χ4v) is 0. The molecule has 0 unspecified atom stereocenters. The topological polar surface area (TPSA) is 106 Å². The van der Waals surface area contributed by atoms with Crippen LogP contribution in [0.15, 0.2) is 0 Å². The van der Waals surface area contributed by atoms with Crippen LogP contribution in [-0.2, 0) is 9.59 Å². The zero-order chi connectivity index (χ0) is 5.15. The summed E-state index contributed by atoms with van der Waals surface area (Å²) in [5.74, 6) is -3.65. The van der Waals surface area contributed by atoms with Crippen LogP contribution in [0.5, 0.6) is 0 Å². The van der Waals surface area contributed by atoms with Crippen LogP contribution in [0.4, 0.5) is 0 Å². The second-order valence-electron chi connectivity index (χ2n) is 0.610. The average Bonchev–Trinajstić information content (AvgIpc) is 1.36. The average molecular weight is 198 g/mol. The standard InChI is InChI=1S/C2H2O4.H2O.Sr.2H/c3-1(4)2(5)6;;;;/h(H,3,4)(H,5,6);1H2;;;. The van der Waals surface area contributed by atoms with Crippen LogP contribution in [0, 0.1) is 0 Å². The third-order valence-corrected chi connectivity index (χ3v) is 0.183. The predicted octanol–water partition coefficient (Wildman–Crippen LogP) is -2.59. The van der Waals surface area contributed by atoms with Crippen LogP contribution in [0.1, 0.15) is 0 Å². The zero-order valence-corrected chi connectivity index (χ0v) is 3.21. The summed E-state index contributed by atoms with van der Waals surface area (Å²) in [5.41, 5.74) is 0. The van der Waals surface area contributed by atoms with Gasteiger partial charge in [-0.1, -0.05) is 0 Å². The molecule has 5 nitrogen and oxygen atoms in total. The molecule has 0 spiro atoms. The van der Waals surface area contributed by atoms with Gasteiger partial charge in [0.1, 0.15) is 0 Å². The number of aliphatic carboxylic acids is 2. The van der Waals surface area contributed by atoms with Crippen molar-refractivity contribution in [2.24, 2.45) is 0 Å². The van der Waals surface area contributed by atoms with Gasteiger partial charge >= 0.3 is 57.4 Å². The molecule has 0 bridgehead atoms. The number of carboxylic acids is 2. The van der Waals surface area contributed by atoms with Crippen molar-refractivity contribution >= 4 is 57.4 Å². The van der Waals surface area contributed by atoms with Gasteiger partial charge in [0.05, 0.1) is 0 Å². The van der Waals surface area contributed by atoms with Gasteiger partial charge in [-0.15, -0.1) is 0 Å². The van der Waals surface area contributed by atoms with Gasteiger partial charge in [0.15, 0.2) is 0 Å². The van der Waals surface area contributed by atoms with Gasteiger partial charge in [0.25, 0.3) is 0 Å². The molecule has 4 N–H and O–H groups in total. The molecular weight excluding hydrogens is 192 g/mol. The van der Waals surface area contributed by atoms with Crippen LogP contribution in [0.25, 0.3) is 0 Å². The summed E-state index contributed by atoms with van der Waals surface area (Å²) >= 11 is 0. The molecule has 8 heavy (non-hydrogen) atoms. The summed E-state index contributed by atoms with van der Waals surface area (Å²) in [6.07, 6.45) is 0. The Bertz CT molecular complexity index is 76.4. The molecule has 46 valence electrons. The summed E-state index contributed by atoms with van der Waals surface area (Å²) < 4.78 is 0. The predicted molar refractivity (Wildman–Crippen MR) is 27.4 cm³/mol. The first kappa shape index (κ1) is 15.8. The maximum atomic E-state index is 9.10. The van der Waals surface area contributed by atoms with Crippen molar-refractivity contribution in [3.8, 4) is 0 Å². The van der Waals surface area contributed by atoms with Gasteiger partial charge in [-0.05, 0) is 0 Å². The molecule has 0 amide bonds. The Kier molecular flexibility index (Phi) is 14.5. The van der Waals surface area contributed by atoms with Crippen molar-refractivity contribution in [3.63, 3.8) is 0 Å². The summed E-state index contributed by atoms with van der Waals surface area (Å²) in [6, 6.07) is 0. The van der Waals surface area contributed by atoms with E-state index in [1.807, 2.05) is 0 Å². The van der Waals surface area contributed by atoms with E-state index in [0.717, 1.165) is 0 Å². The Morgan fingerprint density at radius 2 is 1.12 bits per heavy atom. The molecule has 0 aromatic rings. The molecule has 0 atom stereocenters. The van der Waals surface area contributed by atoms with Gasteiger partial charge in [-0.2, -0.15) is 0 Å². The third kappa shape index (κ3) is 9.63. The molecule has 0 aliphatic rings.